The number of aryl methyl sites for hydroxylation is 1. The van der Waals surface area contributed by atoms with E-state index in [9.17, 15) is 8.42 Å². The van der Waals surface area contributed by atoms with Crippen LogP contribution in [0.4, 0.5) is 0 Å². The van der Waals surface area contributed by atoms with Gasteiger partial charge in [0.25, 0.3) is 0 Å². The lowest BCUT2D eigenvalue weighted by Gasteiger charge is -2.03. The van der Waals surface area contributed by atoms with Crippen LogP contribution in [0.1, 0.15) is 5.56 Å². The highest BCUT2D eigenvalue weighted by molar-refractivity contribution is 7.80. The van der Waals surface area contributed by atoms with Crippen molar-refractivity contribution in [1.82, 2.24) is 0 Å². The summed E-state index contributed by atoms with van der Waals surface area (Å²) in [6.45, 7) is 1.71. The van der Waals surface area contributed by atoms with Gasteiger partial charge in [-0.3, -0.25) is 4.55 Å². The summed E-state index contributed by atoms with van der Waals surface area (Å²) in [4.78, 5) is 4.36. The summed E-state index contributed by atoms with van der Waals surface area (Å²) < 4.78 is 32.2. The van der Waals surface area contributed by atoms with Gasteiger partial charge in [0.1, 0.15) is 0 Å². The fourth-order valence-corrected chi connectivity index (χ4v) is 0.889. The number of para-hydroxylation sites is 1. The molecule has 72 valence electrons. The van der Waals surface area contributed by atoms with Gasteiger partial charge in [0, 0.05) is 0 Å². The largest absolute Gasteiger partial charge is 0.432 e. The topological polar surface area (TPSA) is 72.8 Å². The third-order valence-corrected chi connectivity index (χ3v) is 1.54. The van der Waals surface area contributed by atoms with E-state index in [0.717, 1.165) is 0 Å². The van der Waals surface area contributed by atoms with Gasteiger partial charge in [-0.05, 0) is 22.9 Å². The first-order chi connectivity index (χ1) is 5.99. The molecule has 0 fully saturated rings. The van der Waals surface area contributed by atoms with Crippen LogP contribution in [-0.2, 0) is 14.7 Å². The molecule has 1 N–H and O–H groups in total. The summed E-state index contributed by atoms with van der Waals surface area (Å²) in [6.07, 6.45) is 0. The predicted molar refractivity (Wildman–Crippen MR) is 44.4 cm³/mol. The van der Waals surface area contributed by atoms with E-state index in [1.807, 2.05) is 0 Å². The number of hydrogen-bond acceptors (Lipinski definition) is 4. The molecule has 0 aliphatic rings. The zero-order chi connectivity index (χ0) is 9.90. The average molecular weight is 204 g/mol. The summed E-state index contributed by atoms with van der Waals surface area (Å²) in [5, 5.41) is 0. The monoisotopic (exact) mass is 204 g/mol. The zero-order valence-corrected chi connectivity index (χ0v) is 7.61. The van der Waals surface area contributed by atoms with Gasteiger partial charge < -0.3 is 4.89 Å². The first-order valence-electron chi connectivity index (χ1n) is 3.38. The van der Waals surface area contributed by atoms with Crippen molar-refractivity contribution < 1.29 is 22.2 Å². The summed E-state index contributed by atoms with van der Waals surface area (Å²) in [7, 11) is -4.56. The second-order valence-corrected chi connectivity index (χ2v) is 3.34. The molecule has 0 aromatic heterocycles. The maximum Gasteiger partial charge on any atom is 0.432 e. The minimum Gasteiger partial charge on any atom is -0.319 e. The smallest absolute Gasteiger partial charge is 0.319 e. The molecule has 5 nitrogen and oxygen atoms in total. The molecule has 1 rings (SSSR count). The van der Waals surface area contributed by atoms with Crippen LogP contribution in [0.5, 0.6) is 5.75 Å². The van der Waals surface area contributed by atoms with E-state index in [0.29, 0.717) is 5.56 Å². The molecule has 0 heterocycles. The van der Waals surface area contributed by atoms with Crippen LogP contribution < -0.4 is 4.89 Å². The molecule has 0 unspecified atom stereocenters. The summed E-state index contributed by atoms with van der Waals surface area (Å²) in [5.41, 5.74) is 0.700. The van der Waals surface area contributed by atoms with Gasteiger partial charge in [0.2, 0.25) is 0 Å². The molecule has 0 spiro atoms. The van der Waals surface area contributed by atoms with Crippen molar-refractivity contribution in [1.29, 1.82) is 0 Å². The molecule has 0 aliphatic heterocycles. The maximum atomic E-state index is 10.1. The summed E-state index contributed by atoms with van der Waals surface area (Å²) >= 11 is 0. The van der Waals surface area contributed by atoms with Crippen LogP contribution in [0.15, 0.2) is 24.3 Å². The fourth-order valence-electron chi connectivity index (χ4n) is 0.730. The Labute approximate surface area is 75.8 Å². The van der Waals surface area contributed by atoms with Crippen molar-refractivity contribution in [2.75, 3.05) is 0 Å². The van der Waals surface area contributed by atoms with E-state index >= 15 is 0 Å². The van der Waals surface area contributed by atoms with Crippen molar-refractivity contribution in [2.24, 2.45) is 0 Å². The molecule has 0 atom stereocenters. The van der Waals surface area contributed by atoms with E-state index in [4.69, 9.17) is 4.55 Å². The van der Waals surface area contributed by atoms with Gasteiger partial charge in [0.05, 0.1) is 0 Å². The molecule has 6 heteroatoms. The molecule has 0 saturated carbocycles. The van der Waals surface area contributed by atoms with Crippen molar-refractivity contribution in [2.45, 2.75) is 6.92 Å². The van der Waals surface area contributed by atoms with Gasteiger partial charge in [-0.1, -0.05) is 18.2 Å². The molecule has 1 aromatic rings. The molecular weight excluding hydrogens is 196 g/mol. The maximum absolute atomic E-state index is 10.1. The Kier molecular flexibility index (Phi) is 2.86. The number of hydrogen-bond donors (Lipinski definition) is 1. The van der Waals surface area contributed by atoms with E-state index in [2.05, 4.69) is 9.22 Å². The molecule has 0 aliphatic carbocycles. The van der Waals surface area contributed by atoms with Gasteiger partial charge in [-0.2, -0.15) is 8.42 Å². The average Bonchev–Trinajstić information content (AvgIpc) is 2.01. The zero-order valence-electron chi connectivity index (χ0n) is 6.80. The summed E-state index contributed by atoms with van der Waals surface area (Å²) in [6, 6.07) is 6.63. The quantitative estimate of drug-likeness (QED) is 0.453. The van der Waals surface area contributed by atoms with Gasteiger partial charge in [-0.15, -0.1) is 0 Å². The molecule has 0 saturated heterocycles. The van der Waals surface area contributed by atoms with Crippen LogP contribution in [-0.4, -0.2) is 13.0 Å². The Morgan fingerprint density at radius 1 is 1.31 bits per heavy atom. The Morgan fingerprint density at radius 3 is 2.46 bits per heavy atom. The lowest BCUT2D eigenvalue weighted by molar-refractivity contribution is -0.103. The van der Waals surface area contributed by atoms with Crippen molar-refractivity contribution in [3.63, 3.8) is 0 Å². The Morgan fingerprint density at radius 2 is 1.92 bits per heavy atom. The van der Waals surface area contributed by atoms with E-state index in [-0.39, 0.29) is 5.75 Å². The molecule has 0 bridgehead atoms. The van der Waals surface area contributed by atoms with Crippen LogP contribution >= 0.6 is 0 Å². The highest BCUT2D eigenvalue weighted by atomic mass is 32.3. The van der Waals surface area contributed by atoms with Crippen molar-refractivity contribution in [3.05, 3.63) is 29.8 Å². The molecule has 13 heavy (non-hydrogen) atoms. The second-order valence-electron chi connectivity index (χ2n) is 2.34. The SMILES string of the molecule is Cc1ccccc1OOS(=O)(=O)O. The molecule has 0 radical (unpaired) electrons. The van der Waals surface area contributed by atoms with Gasteiger partial charge >= 0.3 is 10.4 Å². The lowest BCUT2D eigenvalue weighted by Crippen LogP contribution is -2.07. The standard InChI is InChI=1S/C7H8O5S/c1-6-4-2-3-5-7(6)11-12-13(8,9)10/h2-5H,1H3,(H,8,9,10). The van der Waals surface area contributed by atoms with Crippen molar-refractivity contribution >= 4 is 10.4 Å². The highest BCUT2D eigenvalue weighted by Gasteiger charge is 2.07. The van der Waals surface area contributed by atoms with Crippen molar-refractivity contribution in [3.8, 4) is 5.75 Å². The van der Waals surface area contributed by atoms with Crippen LogP contribution in [0, 0.1) is 6.92 Å². The second kappa shape index (κ2) is 3.73. The minimum atomic E-state index is -4.56. The fraction of sp³-hybridized carbons (Fsp3) is 0.143. The first kappa shape index (κ1) is 9.97. The first-order valence-corrected chi connectivity index (χ1v) is 4.75. The summed E-state index contributed by atoms with van der Waals surface area (Å²) in [5.74, 6) is 0.236. The van der Waals surface area contributed by atoms with Crippen LogP contribution in [0.2, 0.25) is 0 Å². The Balaban J connectivity index is 2.71. The van der Waals surface area contributed by atoms with Crippen LogP contribution in [0.25, 0.3) is 0 Å². The Hall–Kier alpha value is -1.11. The normalized spacial score (nSPS) is 11.2. The Bertz CT molecular complexity index is 384. The van der Waals surface area contributed by atoms with E-state index in [1.54, 1.807) is 25.1 Å². The molecular formula is C7H8O5S. The van der Waals surface area contributed by atoms with E-state index in [1.165, 1.54) is 6.07 Å². The molecule has 0 amide bonds. The minimum absolute atomic E-state index is 0.236. The number of rotatable bonds is 3. The van der Waals surface area contributed by atoms with Crippen LogP contribution in [0.3, 0.4) is 0 Å². The number of benzene rings is 1. The molecule has 1 aromatic carbocycles. The van der Waals surface area contributed by atoms with Gasteiger partial charge in [-0.25, -0.2) is 0 Å². The third-order valence-electron chi connectivity index (χ3n) is 1.30. The lowest BCUT2D eigenvalue weighted by atomic mass is 10.2. The highest BCUT2D eigenvalue weighted by Crippen LogP contribution is 2.16. The van der Waals surface area contributed by atoms with Gasteiger partial charge in [0.15, 0.2) is 5.75 Å². The van der Waals surface area contributed by atoms with E-state index < -0.39 is 10.4 Å². The third kappa shape index (κ3) is 3.41. The predicted octanol–water partition coefficient (Wildman–Crippen LogP) is 1.11.